The van der Waals surface area contributed by atoms with Crippen molar-refractivity contribution < 1.29 is 14.7 Å². The third kappa shape index (κ3) is 3.56. The molecule has 0 atom stereocenters. The van der Waals surface area contributed by atoms with Crippen molar-refractivity contribution in [2.24, 2.45) is 0 Å². The lowest BCUT2D eigenvalue weighted by molar-refractivity contribution is -0.135. The van der Waals surface area contributed by atoms with Crippen molar-refractivity contribution in [1.29, 1.82) is 0 Å². The third-order valence-electron chi connectivity index (χ3n) is 2.53. The van der Waals surface area contributed by atoms with Gasteiger partial charge in [0, 0.05) is 17.8 Å². The zero-order valence-corrected chi connectivity index (χ0v) is 9.51. The van der Waals surface area contributed by atoms with Gasteiger partial charge in [-0.15, -0.1) is 0 Å². The van der Waals surface area contributed by atoms with E-state index in [0.717, 1.165) is 31.4 Å². The lowest BCUT2D eigenvalue weighted by Crippen LogP contribution is -2.31. The Balaban J connectivity index is 2.70. The minimum Gasteiger partial charge on any atom is -0.480 e. The van der Waals surface area contributed by atoms with E-state index in [2.05, 4.69) is 10.6 Å². The molecule has 0 aromatic carbocycles. The van der Waals surface area contributed by atoms with Crippen LogP contribution in [-0.2, 0) is 9.59 Å². The Labute approximate surface area is 94.9 Å². The molecular weight excluding hydrogens is 208 g/mol. The first-order valence-corrected chi connectivity index (χ1v) is 5.61. The van der Waals surface area contributed by atoms with Gasteiger partial charge < -0.3 is 15.7 Å². The minimum absolute atomic E-state index is 0.0740. The van der Waals surface area contributed by atoms with Crippen molar-refractivity contribution >= 4 is 11.9 Å². The van der Waals surface area contributed by atoms with Crippen LogP contribution in [0.25, 0.3) is 0 Å². The van der Waals surface area contributed by atoms with Gasteiger partial charge in [0.25, 0.3) is 0 Å². The Morgan fingerprint density at radius 3 is 2.62 bits per heavy atom. The number of hydrogen-bond donors (Lipinski definition) is 3. The van der Waals surface area contributed by atoms with E-state index in [0.29, 0.717) is 12.1 Å². The van der Waals surface area contributed by atoms with Crippen LogP contribution in [0, 0.1) is 0 Å². The number of carboxylic acids is 1. The molecule has 0 bridgehead atoms. The van der Waals surface area contributed by atoms with Gasteiger partial charge in [0.2, 0.25) is 5.91 Å². The number of carbonyl (C=O) groups excluding carboxylic acids is 1. The molecule has 0 aromatic rings. The number of nitrogens with one attached hydrogen (secondary N) is 2. The van der Waals surface area contributed by atoms with Crippen LogP contribution in [0.3, 0.4) is 0 Å². The Morgan fingerprint density at radius 1 is 1.31 bits per heavy atom. The molecule has 0 radical (unpaired) electrons. The summed E-state index contributed by atoms with van der Waals surface area (Å²) >= 11 is 0. The summed E-state index contributed by atoms with van der Waals surface area (Å²) in [4.78, 5) is 22.2. The average Bonchev–Trinajstić information content (AvgIpc) is 2.27. The predicted octanol–water partition coefficient (Wildman–Crippen LogP) is 0.625. The zero-order valence-electron chi connectivity index (χ0n) is 9.51. The first kappa shape index (κ1) is 12.5. The van der Waals surface area contributed by atoms with Crippen molar-refractivity contribution in [3.8, 4) is 0 Å². The fourth-order valence-electron chi connectivity index (χ4n) is 1.80. The molecule has 90 valence electrons. The van der Waals surface area contributed by atoms with Gasteiger partial charge >= 0.3 is 5.97 Å². The Morgan fingerprint density at radius 2 is 2.00 bits per heavy atom. The summed E-state index contributed by atoms with van der Waals surface area (Å²) in [5.41, 5.74) is 1.51. The number of carboxylic acid groups (broad SMARTS) is 1. The summed E-state index contributed by atoms with van der Waals surface area (Å²) in [6, 6.07) is 0. The summed E-state index contributed by atoms with van der Waals surface area (Å²) in [5, 5.41) is 14.2. The van der Waals surface area contributed by atoms with Gasteiger partial charge in [0.1, 0.15) is 6.54 Å². The van der Waals surface area contributed by atoms with Crippen LogP contribution < -0.4 is 10.6 Å². The largest absolute Gasteiger partial charge is 0.480 e. The third-order valence-corrected chi connectivity index (χ3v) is 2.53. The second kappa shape index (κ2) is 6.15. The van der Waals surface area contributed by atoms with E-state index in [9.17, 15) is 9.59 Å². The summed E-state index contributed by atoms with van der Waals surface area (Å²) < 4.78 is 0. The molecule has 0 unspecified atom stereocenters. The molecule has 0 aromatic heterocycles. The summed E-state index contributed by atoms with van der Waals surface area (Å²) in [7, 11) is 0. The van der Waals surface area contributed by atoms with Crippen LogP contribution in [0.1, 0.15) is 32.6 Å². The number of rotatable bonds is 5. The van der Waals surface area contributed by atoms with Gasteiger partial charge in [-0.1, -0.05) is 0 Å². The highest BCUT2D eigenvalue weighted by molar-refractivity contribution is 5.94. The molecule has 5 heteroatoms. The lowest BCUT2D eigenvalue weighted by Gasteiger charge is -2.20. The second-order valence-corrected chi connectivity index (χ2v) is 3.77. The van der Waals surface area contributed by atoms with Crippen LogP contribution in [0.5, 0.6) is 0 Å². The van der Waals surface area contributed by atoms with Gasteiger partial charge in [-0.3, -0.25) is 9.59 Å². The average molecular weight is 226 g/mol. The van der Waals surface area contributed by atoms with Crippen molar-refractivity contribution in [3.63, 3.8) is 0 Å². The van der Waals surface area contributed by atoms with E-state index in [4.69, 9.17) is 5.11 Å². The first-order valence-electron chi connectivity index (χ1n) is 5.61. The molecule has 0 aliphatic heterocycles. The number of allylic oxidation sites excluding steroid dienone is 1. The highest BCUT2D eigenvalue weighted by Crippen LogP contribution is 2.22. The first-order chi connectivity index (χ1) is 7.65. The standard InChI is InChI=1S/C11H18N2O3/c1-2-12-11(16)8-5-3-4-6-9(8)13-7-10(14)15/h13H,2-7H2,1H3,(H,12,16)(H,14,15). The maximum absolute atomic E-state index is 11.7. The van der Waals surface area contributed by atoms with Crippen LogP contribution in [0.2, 0.25) is 0 Å². The van der Waals surface area contributed by atoms with Crippen molar-refractivity contribution in [1.82, 2.24) is 10.6 Å². The van der Waals surface area contributed by atoms with Gasteiger partial charge in [-0.2, -0.15) is 0 Å². The molecule has 0 fully saturated rings. The second-order valence-electron chi connectivity index (χ2n) is 3.77. The summed E-state index contributed by atoms with van der Waals surface area (Å²) in [6.45, 7) is 2.33. The molecule has 3 N–H and O–H groups in total. The van der Waals surface area contributed by atoms with Crippen LogP contribution in [-0.4, -0.2) is 30.1 Å². The number of hydrogen-bond acceptors (Lipinski definition) is 3. The maximum atomic E-state index is 11.7. The van der Waals surface area contributed by atoms with Gasteiger partial charge in [0.05, 0.1) is 0 Å². The molecular formula is C11H18N2O3. The van der Waals surface area contributed by atoms with Gasteiger partial charge in [0.15, 0.2) is 0 Å². The quantitative estimate of drug-likeness (QED) is 0.642. The molecule has 0 heterocycles. The molecule has 16 heavy (non-hydrogen) atoms. The Hall–Kier alpha value is -1.52. The maximum Gasteiger partial charge on any atom is 0.322 e. The smallest absolute Gasteiger partial charge is 0.322 e. The molecule has 1 aliphatic carbocycles. The highest BCUT2D eigenvalue weighted by Gasteiger charge is 2.18. The van der Waals surface area contributed by atoms with Crippen molar-refractivity contribution in [2.45, 2.75) is 32.6 Å². The molecule has 5 nitrogen and oxygen atoms in total. The van der Waals surface area contributed by atoms with E-state index < -0.39 is 5.97 Å². The lowest BCUT2D eigenvalue weighted by atomic mass is 9.95. The number of likely N-dealkylation sites (N-methyl/N-ethyl adjacent to an activating group) is 1. The molecule has 1 aliphatic rings. The van der Waals surface area contributed by atoms with E-state index in [1.807, 2.05) is 6.92 Å². The predicted molar refractivity (Wildman–Crippen MR) is 59.8 cm³/mol. The van der Waals surface area contributed by atoms with Crippen molar-refractivity contribution in [2.75, 3.05) is 13.1 Å². The minimum atomic E-state index is -0.909. The monoisotopic (exact) mass is 226 g/mol. The number of carbonyl (C=O) groups is 2. The van der Waals surface area contributed by atoms with Crippen LogP contribution in [0.15, 0.2) is 11.3 Å². The fraction of sp³-hybridized carbons (Fsp3) is 0.636. The SMILES string of the molecule is CCNC(=O)C1=C(NCC(=O)O)CCCC1. The van der Waals surface area contributed by atoms with Gasteiger partial charge in [-0.05, 0) is 32.6 Å². The van der Waals surface area contributed by atoms with E-state index >= 15 is 0 Å². The zero-order chi connectivity index (χ0) is 12.0. The van der Waals surface area contributed by atoms with E-state index in [1.54, 1.807) is 0 Å². The Kier molecular flexibility index (Phi) is 4.82. The molecule has 0 spiro atoms. The van der Waals surface area contributed by atoms with E-state index in [-0.39, 0.29) is 12.5 Å². The molecule has 0 saturated heterocycles. The fourth-order valence-corrected chi connectivity index (χ4v) is 1.80. The van der Waals surface area contributed by atoms with Gasteiger partial charge in [-0.25, -0.2) is 0 Å². The summed E-state index contributed by atoms with van der Waals surface area (Å²) in [5.74, 6) is -0.983. The molecule has 0 saturated carbocycles. The van der Waals surface area contributed by atoms with E-state index in [1.165, 1.54) is 0 Å². The normalized spacial score (nSPS) is 15.8. The topological polar surface area (TPSA) is 78.4 Å². The number of aliphatic carboxylic acids is 1. The number of amides is 1. The summed E-state index contributed by atoms with van der Waals surface area (Å²) in [6.07, 6.45) is 3.49. The van der Waals surface area contributed by atoms with Crippen molar-refractivity contribution in [3.05, 3.63) is 11.3 Å². The van der Waals surface area contributed by atoms with Crippen LogP contribution >= 0.6 is 0 Å². The molecule has 1 amide bonds. The molecule has 1 rings (SSSR count). The highest BCUT2D eigenvalue weighted by atomic mass is 16.4. The Bertz CT molecular complexity index is 310. The van der Waals surface area contributed by atoms with Crippen LogP contribution in [0.4, 0.5) is 0 Å².